The summed E-state index contributed by atoms with van der Waals surface area (Å²) in [5, 5.41) is 10.1. The zero-order valence-electron chi connectivity index (χ0n) is 19.7. The third-order valence-electron chi connectivity index (χ3n) is 4.92. The maximum atomic E-state index is 12.3. The first-order chi connectivity index (χ1) is 14.9. The highest BCUT2D eigenvalue weighted by Crippen LogP contribution is 2.34. The number of anilines is 1. The molecule has 1 aliphatic rings. The monoisotopic (exact) mass is 443 g/mol. The number of ether oxygens (including phenoxy) is 2. The van der Waals surface area contributed by atoms with Crippen LogP contribution in [0.3, 0.4) is 0 Å². The fraction of sp³-hybridized carbons (Fsp3) is 0.565. The van der Waals surface area contributed by atoms with Crippen molar-refractivity contribution in [3.8, 4) is 11.1 Å². The van der Waals surface area contributed by atoms with Gasteiger partial charge in [0.2, 0.25) is 0 Å². The van der Waals surface area contributed by atoms with Crippen LogP contribution in [0, 0.1) is 0 Å². The van der Waals surface area contributed by atoms with Crippen molar-refractivity contribution in [3.63, 3.8) is 0 Å². The van der Waals surface area contributed by atoms with Crippen LogP contribution in [0.1, 0.15) is 66.0 Å². The van der Waals surface area contributed by atoms with Crippen LogP contribution in [-0.2, 0) is 9.47 Å². The Morgan fingerprint density at radius 3 is 2.38 bits per heavy atom. The van der Waals surface area contributed by atoms with Gasteiger partial charge in [0.1, 0.15) is 17.0 Å². The molecule has 3 heterocycles. The third kappa shape index (κ3) is 6.45. The molecule has 0 unspecified atom stereocenters. The number of likely N-dealkylation sites (tertiary alicyclic amines) is 1. The zero-order chi connectivity index (χ0) is 23.5. The number of H-pyrrole nitrogens is 1. The molecule has 1 saturated heterocycles. The van der Waals surface area contributed by atoms with E-state index >= 15 is 0 Å². The molecular formula is C23H33N5O4. The lowest BCUT2D eigenvalue weighted by molar-refractivity contribution is 0.0204. The molecule has 0 spiro atoms. The van der Waals surface area contributed by atoms with Gasteiger partial charge in [-0.05, 0) is 72.1 Å². The molecule has 9 nitrogen and oxygen atoms in total. The molecule has 2 N–H and O–H groups in total. The Labute approximate surface area is 188 Å². The van der Waals surface area contributed by atoms with Crippen LogP contribution < -0.4 is 5.32 Å². The van der Waals surface area contributed by atoms with Gasteiger partial charge in [-0.25, -0.2) is 14.6 Å². The molecule has 9 heteroatoms. The van der Waals surface area contributed by atoms with E-state index < -0.39 is 17.3 Å². The Balaban J connectivity index is 1.68. The summed E-state index contributed by atoms with van der Waals surface area (Å²) in [6, 6.07) is 3.68. The maximum Gasteiger partial charge on any atom is 0.413 e. The van der Waals surface area contributed by atoms with Crippen molar-refractivity contribution in [2.24, 2.45) is 0 Å². The number of aromatic nitrogens is 3. The van der Waals surface area contributed by atoms with Crippen molar-refractivity contribution in [3.05, 3.63) is 30.2 Å². The molecule has 2 amide bonds. The SMILES string of the molecule is CC(C)(C)OC(=O)Nc1cc(-c2cn[nH]c2C2CCN(C(=O)OC(C)(C)C)CC2)ccn1. The van der Waals surface area contributed by atoms with Crippen LogP contribution in [0.25, 0.3) is 11.1 Å². The normalized spacial score (nSPS) is 15.4. The molecule has 1 fully saturated rings. The average molecular weight is 444 g/mol. The van der Waals surface area contributed by atoms with Gasteiger partial charge in [-0.3, -0.25) is 10.4 Å². The van der Waals surface area contributed by atoms with Gasteiger partial charge in [0.25, 0.3) is 0 Å². The highest BCUT2D eigenvalue weighted by molar-refractivity contribution is 5.84. The number of rotatable bonds is 3. The lowest BCUT2D eigenvalue weighted by Gasteiger charge is -2.33. The summed E-state index contributed by atoms with van der Waals surface area (Å²) >= 11 is 0. The van der Waals surface area contributed by atoms with E-state index in [1.165, 1.54) is 0 Å². The number of hydrogen-bond donors (Lipinski definition) is 2. The number of hydrogen-bond acceptors (Lipinski definition) is 6. The Morgan fingerprint density at radius 2 is 1.75 bits per heavy atom. The number of carbonyl (C=O) groups is 2. The summed E-state index contributed by atoms with van der Waals surface area (Å²) in [6.45, 7) is 12.3. The zero-order valence-corrected chi connectivity index (χ0v) is 19.7. The Kier molecular flexibility index (Phi) is 6.76. The number of pyridine rings is 1. The van der Waals surface area contributed by atoms with Crippen LogP contribution in [0.4, 0.5) is 15.4 Å². The molecule has 0 atom stereocenters. The van der Waals surface area contributed by atoms with Gasteiger partial charge in [-0.1, -0.05) is 0 Å². The fourth-order valence-corrected chi connectivity index (χ4v) is 3.59. The number of carbonyl (C=O) groups excluding carboxylic acids is 2. The molecule has 2 aromatic rings. The van der Waals surface area contributed by atoms with E-state index in [4.69, 9.17) is 9.47 Å². The molecular weight excluding hydrogens is 410 g/mol. The Hall–Kier alpha value is -3.10. The summed E-state index contributed by atoms with van der Waals surface area (Å²) in [5.74, 6) is 0.644. The van der Waals surface area contributed by atoms with Crippen LogP contribution in [0.2, 0.25) is 0 Å². The summed E-state index contributed by atoms with van der Waals surface area (Å²) in [6.07, 6.45) is 4.22. The van der Waals surface area contributed by atoms with Crippen molar-refractivity contribution in [1.82, 2.24) is 20.1 Å². The fourth-order valence-electron chi connectivity index (χ4n) is 3.59. The molecule has 0 radical (unpaired) electrons. The van der Waals surface area contributed by atoms with E-state index in [1.54, 1.807) is 23.4 Å². The third-order valence-corrected chi connectivity index (χ3v) is 4.92. The first-order valence-corrected chi connectivity index (χ1v) is 10.9. The summed E-state index contributed by atoms with van der Waals surface area (Å²) in [4.78, 5) is 30.4. The van der Waals surface area contributed by atoms with E-state index in [0.717, 1.165) is 29.7 Å². The summed E-state index contributed by atoms with van der Waals surface area (Å²) in [5.41, 5.74) is 1.77. The van der Waals surface area contributed by atoms with Gasteiger partial charge < -0.3 is 14.4 Å². The number of aromatic amines is 1. The van der Waals surface area contributed by atoms with Crippen molar-refractivity contribution in [1.29, 1.82) is 0 Å². The number of nitrogens with one attached hydrogen (secondary N) is 2. The van der Waals surface area contributed by atoms with E-state index in [9.17, 15) is 9.59 Å². The van der Waals surface area contributed by atoms with Gasteiger partial charge in [0, 0.05) is 36.5 Å². The minimum absolute atomic E-state index is 0.238. The summed E-state index contributed by atoms with van der Waals surface area (Å²) in [7, 11) is 0. The second-order valence-corrected chi connectivity index (χ2v) is 10.00. The Bertz CT molecular complexity index is 950. The van der Waals surface area contributed by atoms with Gasteiger partial charge in [-0.15, -0.1) is 0 Å². The predicted molar refractivity (Wildman–Crippen MR) is 121 cm³/mol. The van der Waals surface area contributed by atoms with Gasteiger partial charge in [0.15, 0.2) is 0 Å². The van der Waals surface area contributed by atoms with Crippen molar-refractivity contribution in [2.75, 3.05) is 18.4 Å². The summed E-state index contributed by atoms with van der Waals surface area (Å²) < 4.78 is 10.8. The molecule has 0 aromatic carbocycles. The maximum absolute atomic E-state index is 12.3. The van der Waals surface area contributed by atoms with Gasteiger partial charge in [-0.2, -0.15) is 5.10 Å². The van der Waals surface area contributed by atoms with Crippen molar-refractivity contribution in [2.45, 2.75) is 71.5 Å². The number of nitrogens with zero attached hydrogens (tertiary/aromatic N) is 3. The van der Waals surface area contributed by atoms with Crippen LogP contribution in [-0.4, -0.2) is 56.6 Å². The molecule has 2 aromatic heterocycles. The highest BCUT2D eigenvalue weighted by Gasteiger charge is 2.29. The van der Waals surface area contributed by atoms with Gasteiger partial charge in [0.05, 0.1) is 6.20 Å². The second kappa shape index (κ2) is 9.18. The Morgan fingerprint density at radius 1 is 1.09 bits per heavy atom. The highest BCUT2D eigenvalue weighted by atomic mass is 16.6. The topological polar surface area (TPSA) is 109 Å². The first-order valence-electron chi connectivity index (χ1n) is 10.9. The van der Waals surface area contributed by atoms with E-state index in [1.807, 2.05) is 47.6 Å². The molecule has 174 valence electrons. The molecule has 1 aliphatic heterocycles. The van der Waals surface area contributed by atoms with Crippen LogP contribution >= 0.6 is 0 Å². The first kappa shape index (κ1) is 23.6. The average Bonchev–Trinajstić information content (AvgIpc) is 3.15. The minimum Gasteiger partial charge on any atom is -0.444 e. The number of piperidine rings is 1. The lowest BCUT2D eigenvalue weighted by Crippen LogP contribution is -2.41. The van der Waals surface area contributed by atoms with Crippen molar-refractivity contribution < 1.29 is 19.1 Å². The van der Waals surface area contributed by atoms with E-state index in [-0.39, 0.29) is 12.0 Å². The second-order valence-electron chi connectivity index (χ2n) is 10.00. The minimum atomic E-state index is -0.590. The molecule has 3 rings (SSSR count). The molecule has 0 saturated carbocycles. The molecule has 0 aliphatic carbocycles. The van der Waals surface area contributed by atoms with Crippen LogP contribution in [0.15, 0.2) is 24.5 Å². The van der Waals surface area contributed by atoms with E-state index in [0.29, 0.717) is 18.9 Å². The molecule has 32 heavy (non-hydrogen) atoms. The predicted octanol–water partition coefficient (Wildman–Crippen LogP) is 4.93. The van der Waals surface area contributed by atoms with Crippen molar-refractivity contribution >= 4 is 18.0 Å². The molecule has 0 bridgehead atoms. The standard InChI is InChI=1S/C23H33N5O4/c1-22(2,3)31-20(29)26-18-13-16(7-10-24-18)17-14-25-27-19(17)15-8-11-28(12-9-15)21(30)32-23(4,5)6/h7,10,13-15H,8-9,11-12H2,1-6H3,(H,25,27)(H,24,26,29). The van der Waals surface area contributed by atoms with Gasteiger partial charge >= 0.3 is 12.2 Å². The van der Waals surface area contributed by atoms with Crippen LogP contribution in [0.5, 0.6) is 0 Å². The lowest BCUT2D eigenvalue weighted by atomic mass is 9.90. The smallest absolute Gasteiger partial charge is 0.413 e. The van der Waals surface area contributed by atoms with E-state index in [2.05, 4.69) is 20.5 Å². The quantitative estimate of drug-likeness (QED) is 0.696. The largest absolute Gasteiger partial charge is 0.444 e. The number of amides is 2.